The smallest absolute Gasteiger partial charge is 0.230 e. The third kappa shape index (κ3) is 3.59. The summed E-state index contributed by atoms with van der Waals surface area (Å²) < 4.78 is 7.29. The Bertz CT molecular complexity index is 719. The Kier molecular flexibility index (Phi) is 4.29. The first-order valence-electron chi connectivity index (χ1n) is 7.29. The van der Waals surface area contributed by atoms with Gasteiger partial charge in [-0.2, -0.15) is 5.10 Å². The number of hydrogen-bond acceptors (Lipinski definition) is 5. The molecule has 0 bridgehead atoms. The van der Waals surface area contributed by atoms with Crippen LogP contribution in [0.3, 0.4) is 0 Å². The fourth-order valence-corrected chi connectivity index (χ4v) is 2.23. The van der Waals surface area contributed by atoms with Gasteiger partial charge in [0, 0.05) is 24.7 Å². The predicted molar refractivity (Wildman–Crippen MR) is 82.1 cm³/mol. The number of aryl methyl sites for hydroxylation is 1. The SMILES string of the molecule is Cc1nnc(CN[C@H](C)c2cnn(Cc3ccccc3)c2)o1. The molecular formula is C16H19N5O. The van der Waals surface area contributed by atoms with Crippen molar-refractivity contribution in [3.63, 3.8) is 0 Å². The lowest BCUT2D eigenvalue weighted by Crippen LogP contribution is -2.18. The zero-order chi connectivity index (χ0) is 15.4. The molecule has 0 spiro atoms. The summed E-state index contributed by atoms with van der Waals surface area (Å²) in [6.45, 7) is 5.20. The second kappa shape index (κ2) is 6.53. The van der Waals surface area contributed by atoms with E-state index in [1.54, 1.807) is 6.92 Å². The van der Waals surface area contributed by atoms with Crippen LogP contribution >= 0.6 is 0 Å². The van der Waals surface area contributed by atoms with Crippen molar-refractivity contribution in [1.82, 2.24) is 25.3 Å². The molecule has 6 heteroatoms. The Morgan fingerprint density at radius 3 is 2.77 bits per heavy atom. The summed E-state index contributed by atoms with van der Waals surface area (Å²) in [5, 5.41) is 15.6. The second-order valence-corrected chi connectivity index (χ2v) is 5.27. The Labute approximate surface area is 129 Å². The van der Waals surface area contributed by atoms with Crippen molar-refractivity contribution in [1.29, 1.82) is 0 Å². The second-order valence-electron chi connectivity index (χ2n) is 5.27. The van der Waals surface area contributed by atoms with Crippen LogP contribution in [0.2, 0.25) is 0 Å². The molecule has 114 valence electrons. The zero-order valence-electron chi connectivity index (χ0n) is 12.7. The van der Waals surface area contributed by atoms with E-state index >= 15 is 0 Å². The van der Waals surface area contributed by atoms with Crippen LogP contribution in [0, 0.1) is 6.92 Å². The third-order valence-electron chi connectivity index (χ3n) is 3.47. The van der Waals surface area contributed by atoms with Crippen molar-refractivity contribution in [3.05, 3.63) is 65.6 Å². The molecule has 0 saturated carbocycles. The zero-order valence-corrected chi connectivity index (χ0v) is 12.7. The van der Waals surface area contributed by atoms with Gasteiger partial charge in [0.05, 0.1) is 19.3 Å². The molecule has 3 aromatic rings. The normalized spacial score (nSPS) is 12.5. The molecule has 0 aliphatic rings. The maximum absolute atomic E-state index is 5.35. The molecule has 2 aromatic heterocycles. The highest BCUT2D eigenvalue weighted by Gasteiger charge is 2.10. The maximum atomic E-state index is 5.35. The van der Waals surface area contributed by atoms with E-state index in [0.29, 0.717) is 18.3 Å². The summed E-state index contributed by atoms with van der Waals surface area (Å²) in [5.41, 5.74) is 2.37. The lowest BCUT2D eigenvalue weighted by Gasteiger charge is -2.09. The average Bonchev–Trinajstić information content (AvgIpc) is 3.15. The van der Waals surface area contributed by atoms with Crippen LogP contribution in [-0.4, -0.2) is 20.0 Å². The van der Waals surface area contributed by atoms with Gasteiger partial charge in [0.2, 0.25) is 11.8 Å². The van der Waals surface area contributed by atoms with Crippen LogP contribution in [-0.2, 0) is 13.1 Å². The Morgan fingerprint density at radius 2 is 2.05 bits per heavy atom. The molecule has 0 amide bonds. The summed E-state index contributed by atoms with van der Waals surface area (Å²) >= 11 is 0. The van der Waals surface area contributed by atoms with Crippen molar-refractivity contribution < 1.29 is 4.42 Å². The minimum absolute atomic E-state index is 0.164. The highest BCUT2D eigenvalue weighted by Crippen LogP contribution is 2.13. The van der Waals surface area contributed by atoms with Gasteiger partial charge in [0.25, 0.3) is 0 Å². The minimum Gasteiger partial charge on any atom is -0.424 e. The van der Waals surface area contributed by atoms with Crippen LogP contribution in [0.4, 0.5) is 0 Å². The van der Waals surface area contributed by atoms with Gasteiger partial charge >= 0.3 is 0 Å². The van der Waals surface area contributed by atoms with Crippen LogP contribution in [0.15, 0.2) is 47.1 Å². The molecule has 1 aromatic carbocycles. The van der Waals surface area contributed by atoms with Gasteiger partial charge in [-0.15, -0.1) is 10.2 Å². The Balaban J connectivity index is 1.58. The number of nitrogens with zero attached hydrogens (tertiary/aromatic N) is 4. The fourth-order valence-electron chi connectivity index (χ4n) is 2.23. The quantitative estimate of drug-likeness (QED) is 0.757. The molecule has 3 rings (SSSR count). The Hall–Kier alpha value is -2.47. The average molecular weight is 297 g/mol. The molecule has 1 atom stereocenters. The van der Waals surface area contributed by atoms with Gasteiger partial charge in [-0.05, 0) is 12.5 Å². The highest BCUT2D eigenvalue weighted by molar-refractivity contribution is 5.16. The van der Waals surface area contributed by atoms with Crippen LogP contribution in [0.1, 0.15) is 35.9 Å². The van der Waals surface area contributed by atoms with E-state index < -0.39 is 0 Å². The summed E-state index contributed by atoms with van der Waals surface area (Å²) in [6, 6.07) is 10.5. The molecule has 0 radical (unpaired) electrons. The van der Waals surface area contributed by atoms with Crippen molar-refractivity contribution >= 4 is 0 Å². The van der Waals surface area contributed by atoms with Crippen LogP contribution in [0.5, 0.6) is 0 Å². The van der Waals surface area contributed by atoms with Crippen molar-refractivity contribution in [2.45, 2.75) is 33.0 Å². The standard InChI is InChI=1S/C16H19N5O/c1-12(17-9-16-20-19-13(2)22-16)15-8-18-21(11-15)10-14-6-4-3-5-7-14/h3-8,11-12,17H,9-10H2,1-2H3/t12-/m1/s1. The van der Waals surface area contributed by atoms with Gasteiger partial charge in [0.15, 0.2) is 0 Å². The topological polar surface area (TPSA) is 68.8 Å². The number of benzene rings is 1. The highest BCUT2D eigenvalue weighted by atomic mass is 16.4. The molecule has 22 heavy (non-hydrogen) atoms. The number of aromatic nitrogens is 4. The van der Waals surface area contributed by atoms with Gasteiger partial charge in [0.1, 0.15) is 0 Å². The molecule has 0 aliphatic carbocycles. The predicted octanol–water partition coefficient (Wildman–Crippen LogP) is 2.47. The summed E-state index contributed by atoms with van der Waals surface area (Å²) in [6.07, 6.45) is 3.95. The fraction of sp³-hybridized carbons (Fsp3) is 0.312. The van der Waals surface area contributed by atoms with Crippen LogP contribution in [0.25, 0.3) is 0 Å². The minimum atomic E-state index is 0.164. The van der Waals surface area contributed by atoms with Crippen molar-refractivity contribution in [2.75, 3.05) is 0 Å². The lowest BCUT2D eigenvalue weighted by molar-refractivity contribution is 0.430. The van der Waals surface area contributed by atoms with Gasteiger partial charge < -0.3 is 9.73 Å². The largest absolute Gasteiger partial charge is 0.424 e. The number of hydrogen-bond donors (Lipinski definition) is 1. The Morgan fingerprint density at radius 1 is 1.23 bits per heavy atom. The van der Waals surface area contributed by atoms with Crippen molar-refractivity contribution in [2.24, 2.45) is 0 Å². The molecule has 0 unspecified atom stereocenters. The van der Waals surface area contributed by atoms with E-state index in [2.05, 4.69) is 45.9 Å². The molecule has 0 fully saturated rings. The number of nitrogens with one attached hydrogen (secondary N) is 1. The van der Waals surface area contributed by atoms with E-state index in [9.17, 15) is 0 Å². The first-order valence-corrected chi connectivity index (χ1v) is 7.29. The molecule has 0 saturated heterocycles. The van der Waals surface area contributed by atoms with Gasteiger partial charge in [-0.25, -0.2) is 0 Å². The third-order valence-corrected chi connectivity index (χ3v) is 3.47. The van der Waals surface area contributed by atoms with E-state index in [1.807, 2.05) is 29.1 Å². The molecule has 1 N–H and O–H groups in total. The van der Waals surface area contributed by atoms with Gasteiger partial charge in [-0.3, -0.25) is 4.68 Å². The number of rotatable bonds is 6. The van der Waals surface area contributed by atoms with E-state index in [-0.39, 0.29) is 6.04 Å². The molecular weight excluding hydrogens is 278 g/mol. The molecule has 6 nitrogen and oxygen atoms in total. The van der Waals surface area contributed by atoms with E-state index in [4.69, 9.17) is 4.42 Å². The first kappa shape index (κ1) is 14.5. The summed E-state index contributed by atoms with van der Waals surface area (Å²) in [5.74, 6) is 1.18. The van der Waals surface area contributed by atoms with Gasteiger partial charge in [-0.1, -0.05) is 30.3 Å². The van der Waals surface area contributed by atoms with Crippen molar-refractivity contribution in [3.8, 4) is 0 Å². The maximum Gasteiger partial charge on any atom is 0.230 e. The first-order chi connectivity index (χ1) is 10.7. The summed E-state index contributed by atoms with van der Waals surface area (Å²) in [4.78, 5) is 0. The monoisotopic (exact) mass is 297 g/mol. The summed E-state index contributed by atoms with van der Waals surface area (Å²) in [7, 11) is 0. The molecule has 2 heterocycles. The van der Waals surface area contributed by atoms with Crippen LogP contribution < -0.4 is 5.32 Å². The lowest BCUT2D eigenvalue weighted by atomic mass is 10.2. The van der Waals surface area contributed by atoms with E-state index in [0.717, 1.165) is 12.1 Å². The van der Waals surface area contributed by atoms with E-state index in [1.165, 1.54) is 5.56 Å². The molecule has 0 aliphatic heterocycles.